The first-order valence-electron chi connectivity index (χ1n) is 8.14. The molecule has 0 aliphatic carbocycles. The number of hydrogen-bond acceptors (Lipinski definition) is 5. The number of carbonyl (C=O) groups excluding carboxylic acids is 3. The van der Waals surface area contributed by atoms with Crippen molar-refractivity contribution in [1.82, 2.24) is 15.1 Å². The molecule has 1 atom stereocenters. The van der Waals surface area contributed by atoms with E-state index in [-0.39, 0.29) is 19.5 Å². The lowest BCUT2D eigenvalue weighted by molar-refractivity contribution is -0.138. The molecule has 1 fully saturated rings. The Hall–Kier alpha value is -3.08. The molecule has 1 aromatic carbocycles. The van der Waals surface area contributed by atoms with Crippen LogP contribution in [0.25, 0.3) is 0 Å². The number of carbonyl (C=O) groups is 3. The van der Waals surface area contributed by atoms with Gasteiger partial charge in [0.05, 0.1) is 19.6 Å². The van der Waals surface area contributed by atoms with E-state index in [4.69, 9.17) is 10.00 Å². The van der Waals surface area contributed by atoms with Gasteiger partial charge in [0.15, 0.2) is 0 Å². The van der Waals surface area contributed by atoms with Gasteiger partial charge in [-0.05, 0) is 37.1 Å². The maximum Gasteiger partial charge on any atom is 0.325 e. The molecule has 8 heteroatoms. The summed E-state index contributed by atoms with van der Waals surface area (Å²) in [5.74, 6) is -0.215. The Morgan fingerprint density at radius 3 is 2.69 bits per heavy atom. The van der Waals surface area contributed by atoms with E-state index < -0.39 is 23.4 Å². The van der Waals surface area contributed by atoms with Crippen molar-refractivity contribution >= 4 is 17.8 Å². The molecule has 1 aromatic rings. The monoisotopic (exact) mass is 358 g/mol. The van der Waals surface area contributed by atoms with Crippen LogP contribution in [-0.4, -0.2) is 54.9 Å². The van der Waals surface area contributed by atoms with Crippen molar-refractivity contribution in [2.24, 2.45) is 0 Å². The van der Waals surface area contributed by atoms with Gasteiger partial charge in [0.1, 0.15) is 17.8 Å². The fourth-order valence-electron chi connectivity index (χ4n) is 2.82. The second-order valence-electron chi connectivity index (χ2n) is 6.35. The number of urea groups is 1. The van der Waals surface area contributed by atoms with Crippen LogP contribution in [0.1, 0.15) is 24.5 Å². The molecule has 1 heterocycles. The lowest BCUT2D eigenvalue weighted by Crippen LogP contribution is -2.43. The number of nitrogens with one attached hydrogen (secondary N) is 1. The molecule has 1 aliphatic heterocycles. The van der Waals surface area contributed by atoms with E-state index >= 15 is 0 Å². The lowest BCUT2D eigenvalue weighted by Gasteiger charge is -2.24. The van der Waals surface area contributed by atoms with Crippen molar-refractivity contribution in [3.05, 3.63) is 29.3 Å². The Bertz CT molecular complexity index is 786. The first-order valence-corrected chi connectivity index (χ1v) is 8.14. The van der Waals surface area contributed by atoms with Crippen LogP contribution in [0.4, 0.5) is 4.79 Å². The summed E-state index contributed by atoms with van der Waals surface area (Å²) in [6.45, 7) is 3.34. The lowest BCUT2D eigenvalue weighted by atomic mass is 9.90. The average Bonchev–Trinajstić information content (AvgIpc) is 2.83. The van der Waals surface area contributed by atoms with E-state index in [1.807, 2.05) is 13.0 Å². The quantitative estimate of drug-likeness (QED) is 0.768. The van der Waals surface area contributed by atoms with Crippen LogP contribution in [-0.2, 0) is 15.1 Å². The summed E-state index contributed by atoms with van der Waals surface area (Å²) >= 11 is 0. The number of likely N-dealkylation sites (N-methyl/N-ethyl adjacent to an activating group) is 1. The van der Waals surface area contributed by atoms with E-state index in [0.717, 1.165) is 10.5 Å². The first-order chi connectivity index (χ1) is 12.2. The standard InChI is InChI=1S/C18H22N4O4/c1-12-10-13(6-7-14(12)26-4)18(2)16(24)22(17(25)20-18)11-15(23)21(3)9-5-8-19/h6-7,10H,5,9,11H2,1-4H3,(H,20,25). The Balaban J connectivity index is 2.21. The zero-order valence-corrected chi connectivity index (χ0v) is 15.3. The van der Waals surface area contributed by atoms with Crippen LogP contribution in [0, 0.1) is 18.3 Å². The molecule has 26 heavy (non-hydrogen) atoms. The molecule has 4 amide bonds. The summed E-state index contributed by atoms with van der Waals surface area (Å²) in [6, 6.07) is 6.56. The van der Waals surface area contributed by atoms with Crippen LogP contribution in [0.5, 0.6) is 5.75 Å². The van der Waals surface area contributed by atoms with Crippen molar-refractivity contribution in [3.63, 3.8) is 0 Å². The van der Waals surface area contributed by atoms with Gasteiger partial charge in [-0.3, -0.25) is 14.5 Å². The van der Waals surface area contributed by atoms with E-state index in [9.17, 15) is 14.4 Å². The van der Waals surface area contributed by atoms with Gasteiger partial charge >= 0.3 is 6.03 Å². The Morgan fingerprint density at radius 1 is 1.42 bits per heavy atom. The van der Waals surface area contributed by atoms with E-state index in [0.29, 0.717) is 11.3 Å². The van der Waals surface area contributed by atoms with E-state index in [1.54, 1.807) is 32.2 Å². The largest absolute Gasteiger partial charge is 0.496 e. The fourth-order valence-corrected chi connectivity index (χ4v) is 2.82. The van der Waals surface area contributed by atoms with Crippen molar-refractivity contribution in [1.29, 1.82) is 5.26 Å². The molecule has 138 valence electrons. The number of hydrogen-bond donors (Lipinski definition) is 1. The first kappa shape index (κ1) is 19.2. The van der Waals surface area contributed by atoms with Gasteiger partial charge in [-0.2, -0.15) is 5.26 Å². The third-order valence-corrected chi connectivity index (χ3v) is 4.53. The van der Waals surface area contributed by atoms with Crippen LogP contribution in [0.2, 0.25) is 0 Å². The second kappa shape index (κ2) is 7.44. The molecule has 1 unspecified atom stereocenters. The van der Waals surface area contributed by atoms with Gasteiger partial charge in [0.2, 0.25) is 5.91 Å². The number of aryl methyl sites for hydroxylation is 1. The number of methoxy groups -OCH3 is 1. The SMILES string of the molecule is COc1ccc(C2(C)NC(=O)N(CC(=O)N(C)CCC#N)C2=O)cc1C. The number of rotatable bonds is 6. The predicted molar refractivity (Wildman–Crippen MR) is 93.2 cm³/mol. The van der Waals surface area contributed by atoms with Gasteiger partial charge in [-0.25, -0.2) is 4.79 Å². The minimum atomic E-state index is -1.25. The fraction of sp³-hybridized carbons (Fsp3) is 0.444. The molecule has 1 aliphatic rings. The van der Waals surface area contributed by atoms with Gasteiger partial charge < -0.3 is 15.0 Å². The predicted octanol–water partition coefficient (Wildman–Crippen LogP) is 1.14. The van der Waals surface area contributed by atoms with E-state index in [2.05, 4.69) is 5.32 Å². The highest BCUT2D eigenvalue weighted by molar-refractivity contribution is 6.09. The molecule has 2 rings (SSSR count). The minimum absolute atomic E-state index is 0.186. The number of benzene rings is 1. The maximum atomic E-state index is 12.9. The highest BCUT2D eigenvalue weighted by Gasteiger charge is 2.49. The van der Waals surface area contributed by atoms with Gasteiger partial charge in [-0.1, -0.05) is 6.07 Å². The average molecular weight is 358 g/mol. The van der Waals surface area contributed by atoms with Gasteiger partial charge in [-0.15, -0.1) is 0 Å². The number of ether oxygens (including phenoxy) is 1. The topological polar surface area (TPSA) is 103 Å². The van der Waals surface area contributed by atoms with Crippen LogP contribution >= 0.6 is 0 Å². The van der Waals surface area contributed by atoms with Crippen LogP contribution in [0.15, 0.2) is 18.2 Å². The molecule has 0 aromatic heterocycles. The number of amides is 4. The van der Waals surface area contributed by atoms with Crippen molar-refractivity contribution < 1.29 is 19.1 Å². The molecule has 0 bridgehead atoms. The van der Waals surface area contributed by atoms with Crippen molar-refractivity contribution in [3.8, 4) is 11.8 Å². The van der Waals surface area contributed by atoms with Crippen LogP contribution < -0.4 is 10.1 Å². The summed E-state index contributed by atoms with van der Waals surface area (Å²) in [6.07, 6.45) is 0.186. The highest BCUT2D eigenvalue weighted by Crippen LogP contribution is 2.31. The molecule has 1 saturated heterocycles. The normalized spacial score (nSPS) is 19.1. The molecule has 1 N–H and O–H groups in total. The summed E-state index contributed by atoms with van der Waals surface area (Å²) < 4.78 is 5.22. The van der Waals surface area contributed by atoms with E-state index in [1.165, 1.54) is 11.9 Å². The summed E-state index contributed by atoms with van der Waals surface area (Å²) in [7, 11) is 3.09. The second-order valence-corrected chi connectivity index (χ2v) is 6.35. The number of imide groups is 1. The minimum Gasteiger partial charge on any atom is -0.496 e. The molecular formula is C18H22N4O4. The van der Waals surface area contributed by atoms with Gasteiger partial charge in [0.25, 0.3) is 5.91 Å². The smallest absolute Gasteiger partial charge is 0.325 e. The Morgan fingerprint density at radius 2 is 2.12 bits per heavy atom. The number of nitriles is 1. The maximum absolute atomic E-state index is 12.9. The summed E-state index contributed by atoms with van der Waals surface area (Å²) in [5, 5.41) is 11.3. The zero-order valence-electron chi connectivity index (χ0n) is 15.3. The van der Waals surface area contributed by atoms with Crippen molar-refractivity contribution in [2.45, 2.75) is 25.8 Å². The van der Waals surface area contributed by atoms with Crippen LogP contribution in [0.3, 0.4) is 0 Å². The molecule has 0 spiro atoms. The highest BCUT2D eigenvalue weighted by atomic mass is 16.5. The third kappa shape index (κ3) is 3.47. The molecule has 0 radical (unpaired) electrons. The third-order valence-electron chi connectivity index (χ3n) is 4.53. The summed E-state index contributed by atoms with van der Waals surface area (Å²) in [4.78, 5) is 39.6. The Labute approximate surface area is 152 Å². The van der Waals surface area contributed by atoms with Crippen molar-refractivity contribution in [2.75, 3.05) is 27.2 Å². The molecule has 8 nitrogen and oxygen atoms in total. The van der Waals surface area contributed by atoms with Gasteiger partial charge in [0, 0.05) is 13.6 Å². The summed E-state index contributed by atoms with van der Waals surface area (Å²) in [5.41, 5.74) is 0.195. The molecular weight excluding hydrogens is 336 g/mol. The Kier molecular flexibility index (Phi) is 5.50. The molecule has 0 saturated carbocycles. The zero-order chi connectivity index (χ0) is 19.5. The number of nitrogens with zero attached hydrogens (tertiary/aromatic N) is 3.